The number of carbonyl (C=O) groups is 1. The molecule has 0 bridgehead atoms. The number of aromatic nitrogens is 1. The molecule has 0 fully saturated rings. The molecular formula is C22H29NO4. The van der Waals surface area contributed by atoms with E-state index in [0.29, 0.717) is 35.3 Å². The first-order valence-electron chi connectivity index (χ1n) is 9.31. The van der Waals surface area contributed by atoms with E-state index in [1.165, 1.54) is 4.57 Å². The van der Waals surface area contributed by atoms with E-state index in [-0.39, 0.29) is 17.4 Å². The van der Waals surface area contributed by atoms with Gasteiger partial charge in [0.05, 0.1) is 12.2 Å². The highest BCUT2D eigenvalue weighted by atomic mass is 16.5. The van der Waals surface area contributed by atoms with Crippen molar-refractivity contribution in [1.29, 1.82) is 0 Å². The molecule has 1 N–H and O–H groups in total. The highest BCUT2D eigenvalue weighted by Crippen LogP contribution is 2.34. The molecule has 146 valence electrons. The second kappa shape index (κ2) is 7.74. The summed E-state index contributed by atoms with van der Waals surface area (Å²) in [5, 5.41) is 10.5. The average molecular weight is 371 g/mol. The van der Waals surface area contributed by atoms with Crippen molar-refractivity contribution in [2.75, 3.05) is 6.61 Å². The lowest BCUT2D eigenvalue weighted by Gasteiger charge is -2.20. The van der Waals surface area contributed by atoms with Crippen LogP contribution in [-0.2, 0) is 23.0 Å². The monoisotopic (exact) mass is 371 g/mol. The molecule has 1 aliphatic carbocycles. The predicted molar refractivity (Wildman–Crippen MR) is 106 cm³/mol. The van der Waals surface area contributed by atoms with Gasteiger partial charge in [0, 0.05) is 36.4 Å². The summed E-state index contributed by atoms with van der Waals surface area (Å²) in [5.41, 5.74) is 1.59. The smallest absolute Gasteiger partial charge is 0.338 e. The molecule has 5 nitrogen and oxygen atoms in total. The fraction of sp³-hybridized carbons (Fsp3) is 0.545. The van der Waals surface area contributed by atoms with E-state index in [1.54, 1.807) is 20.2 Å². The number of carbonyl (C=O) groups excluding carboxylic acids is 1. The molecule has 5 heteroatoms. The SMILES string of the molecule is CC1=C(C(=O)OCC(C)C)c2c(C#CC(C)(O)C(C)C)cn(C)c(=O)c2C1. The lowest BCUT2D eigenvalue weighted by Crippen LogP contribution is -2.29. The van der Waals surface area contributed by atoms with Gasteiger partial charge in [0.2, 0.25) is 0 Å². The van der Waals surface area contributed by atoms with E-state index in [0.717, 1.165) is 5.57 Å². The van der Waals surface area contributed by atoms with Gasteiger partial charge < -0.3 is 14.4 Å². The molecule has 0 saturated carbocycles. The van der Waals surface area contributed by atoms with Crippen LogP contribution in [0.1, 0.15) is 58.2 Å². The first kappa shape index (κ1) is 21.0. The zero-order chi connectivity index (χ0) is 20.5. The van der Waals surface area contributed by atoms with Crippen molar-refractivity contribution >= 4 is 11.5 Å². The minimum atomic E-state index is -1.17. The Labute approximate surface area is 161 Å². The maximum atomic E-state index is 12.7. The van der Waals surface area contributed by atoms with Gasteiger partial charge in [0.1, 0.15) is 5.60 Å². The molecule has 1 aliphatic rings. The lowest BCUT2D eigenvalue weighted by molar-refractivity contribution is -0.137. The number of ether oxygens (including phenoxy) is 1. The molecule has 27 heavy (non-hydrogen) atoms. The van der Waals surface area contributed by atoms with E-state index < -0.39 is 11.6 Å². The summed E-state index contributed by atoms with van der Waals surface area (Å²) in [6.45, 7) is 11.5. The topological polar surface area (TPSA) is 68.5 Å². The van der Waals surface area contributed by atoms with Gasteiger partial charge in [0.15, 0.2) is 0 Å². The number of esters is 1. The number of rotatable bonds is 4. The highest BCUT2D eigenvalue weighted by Gasteiger charge is 2.31. The Morgan fingerprint density at radius 1 is 1.37 bits per heavy atom. The van der Waals surface area contributed by atoms with Gasteiger partial charge in [0.25, 0.3) is 5.56 Å². The summed E-state index contributed by atoms with van der Waals surface area (Å²) in [6.07, 6.45) is 2.03. The normalized spacial score (nSPS) is 15.5. The van der Waals surface area contributed by atoms with E-state index in [9.17, 15) is 14.7 Å². The predicted octanol–water partition coefficient (Wildman–Crippen LogP) is 2.67. The number of pyridine rings is 1. The Morgan fingerprint density at radius 3 is 2.56 bits per heavy atom. The molecule has 0 saturated heterocycles. The number of nitrogens with zero attached hydrogens (tertiary/aromatic N) is 1. The van der Waals surface area contributed by atoms with Gasteiger partial charge in [-0.2, -0.15) is 0 Å². The molecular weight excluding hydrogens is 342 g/mol. The van der Waals surface area contributed by atoms with Gasteiger partial charge in [-0.05, 0) is 25.7 Å². The molecule has 1 unspecified atom stereocenters. The molecule has 0 aliphatic heterocycles. The van der Waals surface area contributed by atoms with Gasteiger partial charge >= 0.3 is 5.97 Å². The fourth-order valence-corrected chi connectivity index (χ4v) is 2.84. The summed E-state index contributed by atoms with van der Waals surface area (Å²) in [7, 11) is 1.67. The van der Waals surface area contributed by atoms with Crippen LogP contribution >= 0.6 is 0 Å². The zero-order valence-electron chi connectivity index (χ0n) is 17.3. The van der Waals surface area contributed by atoms with Gasteiger partial charge in [-0.3, -0.25) is 4.79 Å². The van der Waals surface area contributed by atoms with Gasteiger partial charge in [-0.1, -0.05) is 45.1 Å². The Morgan fingerprint density at radius 2 is 2.00 bits per heavy atom. The number of aryl methyl sites for hydroxylation is 1. The van der Waals surface area contributed by atoms with E-state index in [2.05, 4.69) is 11.8 Å². The summed E-state index contributed by atoms with van der Waals surface area (Å²) >= 11 is 0. The number of hydrogen-bond acceptors (Lipinski definition) is 4. The summed E-state index contributed by atoms with van der Waals surface area (Å²) < 4.78 is 6.89. The minimum absolute atomic E-state index is 0.0571. The first-order chi connectivity index (χ1) is 12.5. The van der Waals surface area contributed by atoms with Crippen LogP contribution < -0.4 is 5.56 Å². The fourth-order valence-electron chi connectivity index (χ4n) is 2.84. The van der Waals surface area contributed by atoms with E-state index in [4.69, 9.17) is 4.74 Å². The molecule has 2 rings (SSSR count). The van der Waals surface area contributed by atoms with Crippen molar-refractivity contribution < 1.29 is 14.6 Å². The quantitative estimate of drug-likeness (QED) is 0.653. The third-order valence-electron chi connectivity index (χ3n) is 4.92. The van der Waals surface area contributed by atoms with Crippen LogP contribution in [0.15, 0.2) is 16.6 Å². The number of allylic oxidation sites excluding steroid dienone is 1. The number of fused-ring (bicyclic) bond motifs is 1. The molecule has 0 aromatic carbocycles. The van der Waals surface area contributed by atoms with Crippen molar-refractivity contribution in [3.8, 4) is 11.8 Å². The Bertz CT molecular complexity index is 905. The van der Waals surface area contributed by atoms with Crippen molar-refractivity contribution in [3.05, 3.63) is 38.8 Å². The standard InChI is InChI=1S/C22H29NO4/c1-13(2)12-27-21(25)18-15(5)10-17-19(18)16(11-23(7)20(17)24)8-9-22(6,26)14(3)4/h11,13-14,26H,10,12H2,1-7H3. The Kier molecular flexibility index (Phi) is 6.01. The summed E-state index contributed by atoms with van der Waals surface area (Å²) in [5.74, 6) is 5.64. The second-order valence-corrected chi connectivity index (χ2v) is 8.19. The zero-order valence-corrected chi connectivity index (χ0v) is 17.3. The first-order valence-corrected chi connectivity index (χ1v) is 9.31. The molecule has 0 spiro atoms. The lowest BCUT2D eigenvalue weighted by atomic mass is 9.92. The third kappa shape index (κ3) is 4.33. The third-order valence-corrected chi connectivity index (χ3v) is 4.92. The molecule has 1 aromatic rings. The second-order valence-electron chi connectivity index (χ2n) is 8.19. The maximum Gasteiger partial charge on any atom is 0.338 e. The Hall–Kier alpha value is -2.32. The highest BCUT2D eigenvalue weighted by molar-refractivity contribution is 6.19. The van der Waals surface area contributed by atoms with E-state index in [1.807, 2.05) is 34.6 Å². The molecule has 0 amide bonds. The van der Waals surface area contributed by atoms with E-state index >= 15 is 0 Å². The molecule has 1 atom stereocenters. The van der Waals surface area contributed by atoms with Crippen molar-refractivity contribution in [2.24, 2.45) is 18.9 Å². The summed E-state index contributed by atoms with van der Waals surface area (Å²) in [6, 6.07) is 0. The van der Waals surface area contributed by atoms with Crippen molar-refractivity contribution in [1.82, 2.24) is 4.57 Å². The average Bonchev–Trinajstić information content (AvgIpc) is 2.92. The molecule has 1 heterocycles. The largest absolute Gasteiger partial charge is 0.462 e. The van der Waals surface area contributed by atoms with Crippen molar-refractivity contribution in [2.45, 2.75) is 53.6 Å². The van der Waals surface area contributed by atoms with Crippen LogP contribution in [0.25, 0.3) is 5.57 Å². The van der Waals surface area contributed by atoms with Crippen LogP contribution in [0, 0.1) is 23.7 Å². The maximum absolute atomic E-state index is 12.7. The Balaban J connectivity index is 2.59. The minimum Gasteiger partial charge on any atom is -0.462 e. The molecule has 1 aromatic heterocycles. The van der Waals surface area contributed by atoms with Crippen LogP contribution in [0.4, 0.5) is 0 Å². The van der Waals surface area contributed by atoms with Crippen molar-refractivity contribution in [3.63, 3.8) is 0 Å². The summed E-state index contributed by atoms with van der Waals surface area (Å²) in [4.78, 5) is 25.3. The van der Waals surface area contributed by atoms with Crippen LogP contribution in [0.3, 0.4) is 0 Å². The van der Waals surface area contributed by atoms with Crippen LogP contribution in [0.2, 0.25) is 0 Å². The number of aliphatic hydroxyl groups is 1. The number of hydrogen-bond donors (Lipinski definition) is 1. The molecule has 0 radical (unpaired) electrons. The van der Waals surface area contributed by atoms with Gasteiger partial charge in [-0.15, -0.1) is 0 Å². The van der Waals surface area contributed by atoms with Gasteiger partial charge in [-0.25, -0.2) is 4.79 Å². The van der Waals surface area contributed by atoms with Crippen LogP contribution in [-0.4, -0.2) is 27.9 Å². The van der Waals surface area contributed by atoms with Crippen LogP contribution in [0.5, 0.6) is 0 Å².